The standard InChI is InChI=1S/C36H35FN2O5/c1-2-43-32-17-22(6-11-31(32)44-21-23-4-3-5-28(37)15-23)16-30-33(40)38-35(42)39(34(30)41)29-9-7-27(8-10-29)36-18-24-12-25(19-36)14-26(13-24)20-36/h3-11,15-17,24-26H,2,12-14,18-21H2,1H3,(H,38,40,42)/b30-16+. The van der Waals surface area contributed by atoms with E-state index < -0.39 is 17.8 Å². The highest BCUT2D eigenvalue weighted by Crippen LogP contribution is 2.60. The first kappa shape index (κ1) is 28.3. The average Bonchev–Trinajstić information content (AvgIpc) is 2.99. The SMILES string of the molecule is CCOc1cc(/C=C2\C(=O)NC(=O)N(c3ccc(C45CC6CC(CC(C6)C4)C5)cc3)C2=O)ccc1OCc1cccc(F)c1. The zero-order chi connectivity index (χ0) is 30.4. The normalized spacial score (nSPS) is 26.7. The molecule has 0 spiro atoms. The number of anilines is 1. The second kappa shape index (κ2) is 11.2. The van der Waals surface area contributed by atoms with Gasteiger partial charge < -0.3 is 9.47 Å². The molecular weight excluding hydrogens is 559 g/mol. The fraction of sp³-hybridized carbons (Fsp3) is 0.361. The molecule has 1 N–H and O–H groups in total. The maximum atomic E-state index is 13.6. The van der Waals surface area contributed by atoms with Gasteiger partial charge in [0.1, 0.15) is 18.0 Å². The van der Waals surface area contributed by atoms with Gasteiger partial charge in [0.25, 0.3) is 11.8 Å². The summed E-state index contributed by atoms with van der Waals surface area (Å²) in [5.74, 6) is 1.49. The predicted molar refractivity (Wildman–Crippen MR) is 164 cm³/mol. The maximum Gasteiger partial charge on any atom is 0.335 e. The Hall–Kier alpha value is -4.46. The number of benzene rings is 3. The molecule has 4 bridgehead atoms. The summed E-state index contributed by atoms with van der Waals surface area (Å²) in [6.07, 6.45) is 9.20. The van der Waals surface area contributed by atoms with Crippen molar-refractivity contribution in [1.29, 1.82) is 0 Å². The van der Waals surface area contributed by atoms with Crippen molar-refractivity contribution in [2.24, 2.45) is 17.8 Å². The maximum absolute atomic E-state index is 13.6. The van der Waals surface area contributed by atoms with Gasteiger partial charge in [-0.25, -0.2) is 14.1 Å². The molecule has 226 valence electrons. The summed E-state index contributed by atoms with van der Waals surface area (Å²) in [6.45, 7) is 2.33. The van der Waals surface area contributed by atoms with Crippen LogP contribution in [0.2, 0.25) is 0 Å². The number of barbiturate groups is 1. The van der Waals surface area contributed by atoms with Crippen molar-refractivity contribution in [2.75, 3.05) is 11.5 Å². The third kappa shape index (κ3) is 5.27. The zero-order valence-electron chi connectivity index (χ0n) is 24.7. The lowest BCUT2D eigenvalue weighted by Crippen LogP contribution is -2.54. The second-order valence-corrected chi connectivity index (χ2v) is 12.8. The largest absolute Gasteiger partial charge is 0.490 e. The van der Waals surface area contributed by atoms with E-state index >= 15 is 0 Å². The number of nitrogens with zero attached hydrogens (tertiary/aromatic N) is 1. The minimum absolute atomic E-state index is 0.137. The third-order valence-corrected chi connectivity index (χ3v) is 9.74. The molecule has 5 aliphatic rings. The Bertz CT molecular complexity index is 1630. The lowest BCUT2D eigenvalue weighted by Gasteiger charge is -2.57. The number of amides is 4. The lowest BCUT2D eigenvalue weighted by molar-refractivity contribution is -0.122. The van der Waals surface area contributed by atoms with Crippen molar-refractivity contribution in [3.63, 3.8) is 0 Å². The van der Waals surface area contributed by atoms with Gasteiger partial charge in [0.2, 0.25) is 0 Å². The van der Waals surface area contributed by atoms with Crippen LogP contribution in [0.4, 0.5) is 14.9 Å². The fourth-order valence-corrected chi connectivity index (χ4v) is 8.28. The summed E-state index contributed by atoms with van der Waals surface area (Å²) in [6, 6.07) is 18.2. The Morgan fingerprint density at radius 3 is 2.25 bits per heavy atom. The van der Waals surface area contributed by atoms with Crippen molar-refractivity contribution in [2.45, 2.75) is 57.5 Å². The number of nitrogens with one attached hydrogen (secondary N) is 1. The molecule has 3 aromatic rings. The molecule has 7 nitrogen and oxygen atoms in total. The molecule has 0 atom stereocenters. The van der Waals surface area contributed by atoms with E-state index in [9.17, 15) is 18.8 Å². The highest BCUT2D eigenvalue weighted by atomic mass is 19.1. The molecule has 44 heavy (non-hydrogen) atoms. The number of carbonyl (C=O) groups is 3. The second-order valence-electron chi connectivity index (χ2n) is 12.8. The number of carbonyl (C=O) groups excluding carboxylic acids is 3. The van der Waals surface area contributed by atoms with Gasteiger partial charge in [-0.05, 0) is 128 Å². The van der Waals surface area contributed by atoms with Crippen molar-refractivity contribution in [3.8, 4) is 11.5 Å². The molecule has 1 heterocycles. The number of hydrogen-bond donors (Lipinski definition) is 1. The van der Waals surface area contributed by atoms with Crippen LogP contribution in [0.1, 0.15) is 62.1 Å². The molecular formula is C36H35FN2O5. The van der Waals surface area contributed by atoms with Crippen molar-refractivity contribution < 1.29 is 28.2 Å². The minimum atomic E-state index is -0.768. The monoisotopic (exact) mass is 594 g/mol. The molecule has 4 aliphatic carbocycles. The van der Waals surface area contributed by atoms with Crippen LogP contribution in [0.5, 0.6) is 11.5 Å². The van der Waals surface area contributed by atoms with Crippen molar-refractivity contribution >= 4 is 29.6 Å². The summed E-state index contributed by atoms with van der Waals surface area (Å²) in [5.41, 5.74) is 2.95. The molecule has 8 heteroatoms. The van der Waals surface area contributed by atoms with Crippen LogP contribution in [-0.2, 0) is 21.6 Å². The minimum Gasteiger partial charge on any atom is -0.490 e. The van der Waals surface area contributed by atoms with E-state index in [-0.39, 0.29) is 23.4 Å². The Morgan fingerprint density at radius 1 is 0.886 bits per heavy atom. The van der Waals surface area contributed by atoms with E-state index in [2.05, 4.69) is 17.4 Å². The molecule has 0 aromatic heterocycles. The van der Waals surface area contributed by atoms with Gasteiger partial charge >= 0.3 is 6.03 Å². The predicted octanol–water partition coefficient (Wildman–Crippen LogP) is 6.94. The highest BCUT2D eigenvalue weighted by Gasteiger charge is 2.51. The number of imide groups is 2. The Morgan fingerprint density at radius 2 is 1.59 bits per heavy atom. The number of urea groups is 1. The summed E-state index contributed by atoms with van der Waals surface area (Å²) in [4.78, 5) is 40.4. The molecule has 0 unspecified atom stereocenters. The Labute approximate surface area is 256 Å². The molecule has 8 rings (SSSR count). The van der Waals surface area contributed by atoms with Gasteiger partial charge in [-0.3, -0.25) is 14.9 Å². The smallest absolute Gasteiger partial charge is 0.335 e. The summed E-state index contributed by atoms with van der Waals surface area (Å²) in [7, 11) is 0. The van der Waals surface area contributed by atoms with E-state index in [0.29, 0.717) is 34.9 Å². The van der Waals surface area contributed by atoms with Gasteiger partial charge in [0, 0.05) is 0 Å². The Balaban J connectivity index is 1.12. The van der Waals surface area contributed by atoms with E-state index in [1.807, 2.05) is 19.1 Å². The quantitative estimate of drug-likeness (QED) is 0.226. The van der Waals surface area contributed by atoms with Crippen molar-refractivity contribution in [3.05, 3.63) is 94.8 Å². The average molecular weight is 595 g/mol. The van der Waals surface area contributed by atoms with E-state index in [1.54, 1.807) is 30.3 Å². The molecule has 1 saturated heterocycles. The van der Waals surface area contributed by atoms with Crippen molar-refractivity contribution in [1.82, 2.24) is 5.32 Å². The van der Waals surface area contributed by atoms with Gasteiger partial charge in [-0.15, -0.1) is 0 Å². The van der Waals surface area contributed by atoms with Crippen LogP contribution in [0.15, 0.2) is 72.3 Å². The van der Waals surface area contributed by atoms with Gasteiger partial charge in [-0.2, -0.15) is 0 Å². The van der Waals surface area contributed by atoms with Gasteiger partial charge in [0.15, 0.2) is 11.5 Å². The van der Waals surface area contributed by atoms with Gasteiger partial charge in [-0.1, -0.05) is 30.3 Å². The highest BCUT2D eigenvalue weighted by molar-refractivity contribution is 6.39. The van der Waals surface area contributed by atoms with Crippen LogP contribution in [0, 0.1) is 23.6 Å². The summed E-state index contributed by atoms with van der Waals surface area (Å²) in [5, 5.41) is 2.32. The number of ether oxygens (including phenoxy) is 2. The Kier molecular flexibility index (Phi) is 7.23. The van der Waals surface area contributed by atoms with Crippen LogP contribution in [-0.4, -0.2) is 24.5 Å². The summed E-state index contributed by atoms with van der Waals surface area (Å²) >= 11 is 0. The van der Waals surface area contributed by atoms with E-state index in [4.69, 9.17) is 9.47 Å². The molecule has 5 fully saturated rings. The first-order chi connectivity index (χ1) is 21.3. The molecule has 4 saturated carbocycles. The third-order valence-electron chi connectivity index (χ3n) is 9.74. The molecule has 4 amide bonds. The van der Waals surface area contributed by atoms with Gasteiger partial charge in [0.05, 0.1) is 12.3 Å². The molecule has 1 aliphatic heterocycles. The summed E-state index contributed by atoms with van der Waals surface area (Å²) < 4.78 is 25.2. The lowest BCUT2D eigenvalue weighted by atomic mass is 9.48. The topological polar surface area (TPSA) is 84.9 Å². The number of hydrogen-bond acceptors (Lipinski definition) is 5. The van der Waals surface area contributed by atoms with E-state index in [0.717, 1.165) is 22.7 Å². The number of halogens is 1. The van der Waals surface area contributed by atoms with Crippen LogP contribution in [0.25, 0.3) is 6.08 Å². The molecule has 3 aromatic carbocycles. The van der Waals surface area contributed by atoms with Crippen LogP contribution < -0.4 is 19.7 Å². The first-order valence-corrected chi connectivity index (χ1v) is 15.5. The number of rotatable bonds is 8. The molecule has 0 radical (unpaired) electrons. The van der Waals surface area contributed by atoms with Crippen LogP contribution >= 0.6 is 0 Å². The van der Waals surface area contributed by atoms with Crippen LogP contribution in [0.3, 0.4) is 0 Å². The fourth-order valence-electron chi connectivity index (χ4n) is 8.28. The first-order valence-electron chi connectivity index (χ1n) is 15.5. The van der Waals surface area contributed by atoms with E-state index in [1.165, 1.54) is 62.3 Å². The zero-order valence-corrected chi connectivity index (χ0v) is 24.7.